The first kappa shape index (κ1) is 19.2. The number of alkyl halides is 2. The van der Waals surface area contributed by atoms with Crippen molar-refractivity contribution in [2.24, 2.45) is 10.7 Å². The zero-order valence-corrected chi connectivity index (χ0v) is 15.9. The molecule has 4 rings (SSSR count). The molecule has 29 heavy (non-hydrogen) atoms. The van der Waals surface area contributed by atoms with Crippen LogP contribution in [0.4, 0.5) is 13.2 Å². The molecule has 152 valence electrons. The second kappa shape index (κ2) is 6.72. The van der Waals surface area contributed by atoms with Crippen LogP contribution < -0.4 is 10.5 Å². The van der Waals surface area contributed by atoms with Crippen LogP contribution in [0.1, 0.15) is 23.7 Å². The molecule has 5 nitrogen and oxygen atoms in total. The first-order chi connectivity index (χ1) is 13.7. The molecule has 0 aliphatic carbocycles. The lowest BCUT2D eigenvalue weighted by Crippen LogP contribution is -2.51. The number of methoxy groups -OCH3 is 1. The molecule has 0 amide bonds. The summed E-state index contributed by atoms with van der Waals surface area (Å²) in [5.41, 5.74) is 5.50. The number of aromatic amines is 1. The van der Waals surface area contributed by atoms with Crippen molar-refractivity contribution in [1.29, 1.82) is 0 Å². The summed E-state index contributed by atoms with van der Waals surface area (Å²) < 4.78 is 53.8. The maximum atomic E-state index is 14.8. The van der Waals surface area contributed by atoms with Gasteiger partial charge in [0.25, 0.3) is 6.02 Å². The van der Waals surface area contributed by atoms with Gasteiger partial charge in [-0.3, -0.25) is 0 Å². The Bertz CT molecular complexity index is 1090. The summed E-state index contributed by atoms with van der Waals surface area (Å²) in [7, 11) is 1.60. The summed E-state index contributed by atoms with van der Waals surface area (Å²) in [5.74, 6) is -3.43. The minimum absolute atomic E-state index is 0.237. The number of hydrogen-bond donors (Lipinski definition) is 2. The van der Waals surface area contributed by atoms with Crippen molar-refractivity contribution in [2.45, 2.75) is 24.8 Å². The number of H-pyrrole nitrogens is 1. The number of benzene rings is 2. The van der Waals surface area contributed by atoms with Gasteiger partial charge in [-0.05, 0) is 42.8 Å². The van der Waals surface area contributed by atoms with Crippen molar-refractivity contribution in [3.8, 4) is 5.75 Å². The van der Waals surface area contributed by atoms with Crippen molar-refractivity contribution >= 4 is 16.9 Å². The molecule has 1 atom stereocenters. The van der Waals surface area contributed by atoms with E-state index in [-0.39, 0.29) is 11.6 Å². The zero-order valence-electron chi connectivity index (χ0n) is 15.9. The number of nitrogens with zero attached hydrogens (tertiary/aromatic N) is 1. The fourth-order valence-corrected chi connectivity index (χ4v) is 3.54. The van der Waals surface area contributed by atoms with Gasteiger partial charge >= 0.3 is 5.92 Å². The van der Waals surface area contributed by atoms with Crippen molar-refractivity contribution < 1.29 is 22.6 Å². The van der Waals surface area contributed by atoms with Crippen molar-refractivity contribution in [3.63, 3.8) is 0 Å². The summed E-state index contributed by atoms with van der Waals surface area (Å²) in [5, 5.41) is 0.589. The van der Waals surface area contributed by atoms with Gasteiger partial charge in [0.1, 0.15) is 11.6 Å². The Morgan fingerprint density at radius 2 is 1.93 bits per heavy atom. The molecule has 1 aromatic heterocycles. The van der Waals surface area contributed by atoms with Crippen LogP contribution in [-0.2, 0) is 16.7 Å². The third-order valence-corrected chi connectivity index (χ3v) is 5.29. The highest BCUT2D eigenvalue weighted by molar-refractivity contribution is 5.82. The van der Waals surface area contributed by atoms with Gasteiger partial charge in [0, 0.05) is 28.6 Å². The molecule has 3 aromatic rings. The molecule has 0 bridgehead atoms. The minimum Gasteiger partial charge on any atom is -0.497 e. The fraction of sp³-hybridized carbons (Fsp3) is 0.286. The smallest absolute Gasteiger partial charge is 0.310 e. The number of nitrogens with one attached hydrogen (secondary N) is 1. The van der Waals surface area contributed by atoms with E-state index in [1.807, 2.05) is 24.3 Å². The topological polar surface area (TPSA) is 72.6 Å². The van der Waals surface area contributed by atoms with E-state index in [0.29, 0.717) is 17.3 Å². The van der Waals surface area contributed by atoms with Gasteiger partial charge in [0.05, 0.1) is 7.11 Å². The van der Waals surface area contributed by atoms with Gasteiger partial charge < -0.3 is 20.2 Å². The van der Waals surface area contributed by atoms with Crippen LogP contribution in [0.25, 0.3) is 10.9 Å². The maximum absolute atomic E-state index is 14.8. The van der Waals surface area contributed by atoms with E-state index >= 15 is 0 Å². The fourth-order valence-electron chi connectivity index (χ4n) is 3.54. The summed E-state index contributed by atoms with van der Waals surface area (Å²) in [4.78, 5) is 6.93. The molecule has 2 aromatic carbocycles. The lowest BCUT2D eigenvalue weighted by molar-refractivity contribution is -0.117. The first-order valence-corrected chi connectivity index (χ1v) is 9.02. The number of aromatic nitrogens is 1. The largest absolute Gasteiger partial charge is 0.497 e. The van der Waals surface area contributed by atoms with E-state index in [4.69, 9.17) is 10.5 Å². The molecular formula is C21H20F3N3O2. The zero-order chi connectivity index (χ0) is 20.8. The SMILES string of the molecule is COc1ccc(Cc2cc3cc(F)c([C@@]4(C)N=C(N)OCC4(F)F)cc3[nH]2)cc1. The monoisotopic (exact) mass is 403 g/mol. The standard InChI is InChI=1S/C21H20F3N3O2/c1-20(21(23,24)11-29-19(25)27-20)16-10-18-13(9-17(16)22)8-14(26-18)7-12-3-5-15(28-2)6-4-12/h3-6,8-10,26H,7,11H2,1-2H3,(H2,25,27)/t20-/m1/s1. The molecule has 0 unspecified atom stereocenters. The van der Waals surface area contributed by atoms with E-state index in [1.165, 1.54) is 12.1 Å². The molecule has 1 aliphatic heterocycles. The Kier molecular flexibility index (Phi) is 4.44. The second-order valence-corrected chi connectivity index (χ2v) is 7.25. The molecule has 8 heteroatoms. The van der Waals surface area contributed by atoms with Crippen LogP contribution in [-0.4, -0.2) is 30.6 Å². The minimum atomic E-state index is -3.41. The number of aliphatic imine (C=N–C) groups is 1. The summed E-state index contributed by atoms with van der Waals surface area (Å²) in [6.07, 6.45) is 0.571. The molecule has 0 spiro atoms. The second-order valence-electron chi connectivity index (χ2n) is 7.25. The third kappa shape index (κ3) is 3.28. The quantitative estimate of drug-likeness (QED) is 0.689. The predicted octanol–water partition coefficient (Wildman–Crippen LogP) is 4.10. The average molecular weight is 403 g/mol. The van der Waals surface area contributed by atoms with Gasteiger partial charge in [-0.1, -0.05) is 12.1 Å². The number of fused-ring (bicyclic) bond motifs is 1. The number of ether oxygens (including phenoxy) is 2. The highest BCUT2D eigenvalue weighted by Gasteiger charge is 2.56. The summed E-state index contributed by atoms with van der Waals surface area (Å²) >= 11 is 0. The third-order valence-electron chi connectivity index (χ3n) is 5.29. The Morgan fingerprint density at radius 3 is 2.62 bits per heavy atom. The van der Waals surface area contributed by atoms with Crippen LogP contribution in [0, 0.1) is 5.82 Å². The predicted molar refractivity (Wildman–Crippen MR) is 104 cm³/mol. The number of halogens is 3. The average Bonchev–Trinajstić information content (AvgIpc) is 3.06. The number of hydrogen-bond acceptors (Lipinski definition) is 4. The Balaban J connectivity index is 1.72. The Labute approximate surface area is 165 Å². The molecular weight excluding hydrogens is 383 g/mol. The lowest BCUT2D eigenvalue weighted by Gasteiger charge is -2.37. The van der Waals surface area contributed by atoms with Gasteiger partial charge in [-0.2, -0.15) is 8.78 Å². The van der Waals surface area contributed by atoms with E-state index in [9.17, 15) is 13.2 Å². The highest BCUT2D eigenvalue weighted by Crippen LogP contribution is 2.45. The number of nitrogens with two attached hydrogens (primary N) is 1. The van der Waals surface area contributed by atoms with E-state index < -0.39 is 23.9 Å². The first-order valence-electron chi connectivity index (χ1n) is 9.02. The summed E-state index contributed by atoms with van der Waals surface area (Å²) in [6, 6.07) is 11.6. The molecule has 0 saturated carbocycles. The normalized spacial score (nSPS) is 20.9. The van der Waals surface area contributed by atoms with Crippen LogP contribution in [0.3, 0.4) is 0 Å². The summed E-state index contributed by atoms with van der Waals surface area (Å²) in [6.45, 7) is 0.206. The molecule has 0 fully saturated rings. The van der Waals surface area contributed by atoms with Gasteiger partial charge in [-0.25, -0.2) is 9.38 Å². The van der Waals surface area contributed by atoms with Crippen LogP contribution in [0.15, 0.2) is 47.5 Å². The van der Waals surface area contributed by atoms with E-state index in [1.54, 1.807) is 13.2 Å². The Morgan fingerprint density at radius 1 is 1.21 bits per heavy atom. The number of rotatable bonds is 4. The van der Waals surface area contributed by atoms with Crippen LogP contribution in [0.5, 0.6) is 5.75 Å². The molecule has 0 saturated heterocycles. The van der Waals surface area contributed by atoms with Gasteiger partial charge in [0.2, 0.25) is 0 Å². The molecule has 3 N–H and O–H groups in total. The van der Waals surface area contributed by atoms with Crippen LogP contribution in [0.2, 0.25) is 0 Å². The van der Waals surface area contributed by atoms with Crippen molar-refractivity contribution in [3.05, 3.63) is 65.1 Å². The highest BCUT2D eigenvalue weighted by atomic mass is 19.3. The van der Waals surface area contributed by atoms with Crippen LogP contribution >= 0.6 is 0 Å². The van der Waals surface area contributed by atoms with E-state index in [2.05, 4.69) is 14.7 Å². The molecule has 1 aliphatic rings. The maximum Gasteiger partial charge on any atom is 0.310 e. The van der Waals surface area contributed by atoms with Crippen molar-refractivity contribution in [2.75, 3.05) is 13.7 Å². The van der Waals surface area contributed by atoms with Gasteiger partial charge in [-0.15, -0.1) is 0 Å². The lowest BCUT2D eigenvalue weighted by atomic mass is 9.85. The van der Waals surface area contributed by atoms with E-state index in [0.717, 1.165) is 23.9 Å². The number of amidine groups is 1. The van der Waals surface area contributed by atoms with Gasteiger partial charge in [0.15, 0.2) is 12.1 Å². The molecule has 0 radical (unpaired) electrons. The molecule has 2 heterocycles. The Hall–Kier alpha value is -3.16. The van der Waals surface area contributed by atoms with Crippen molar-refractivity contribution in [1.82, 2.24) is 4.98 Å².